The summed E-state index contributed by atoms with van der Waals surface area (Å²) in [6.45, 7) is 6.65. The fourth-order valence-electron chi connectivity index (χ4n) is 4.50. The van der Waals surface area contributed by atoms with Crippen molar-refractivity contribution in [2.75, 3.05) is 47.6 Å². The molecule has 9 nitrogen and oxygen atoms in total. The van der Waals surface area contributed by atoms with Crippen molar-refractivity contribution in [3.05, 3.63) is 41.0 Å². The molecule has 1 aromatic rings. The first-order chi connectivity index (χ1) is 16.3. The molecule has 186 valence electrons. The van der Waals surface area contributed by atoms with Crippen LogP contribution in [0.25, 0.3) is 5.57 Å². The van der Waals surface area contributed by atoms with E-state index in [0.29, 0.717) is 43.5 Å². The van der Waals surface area contributed by atoms with Crippen molar-refractivity contribution in [1.29, 1.82) is 0 Å². The molecule has 0 N–H and O–H groups in total. The number of carbonyl (C=O) groups excluding carboxylic acids is 3. The highest BCUT2D eigenvalue weighted by molar-refractivity contribution is 6.03. The van der Waals surface area contributed by atoms with Crippen LogP contribution in [0.2, 0.25) is 0 Å². The van der Waals surface area contributed by atoms with Crippen LogP contribution in [0, 0.1) is 5.92 Å². The number of carbonyl (C=O) groups is 3. The summed E-state index contributed by atoms with van der Waals surface area (Å²) >= 11 is 0. The molecule has 3 rings (SSSR count). The fraction of sp³-hybridized carbons (Fsp3) is 0.560. The Morgan fingerprint density at radius 3 is 2.35 bits per heavy atom. The summed E-state index contributed by atoms with van der Waals surface area (Å²) in [4.78, 5) is 41.2. The minimum Gasteiger partial charge on any atom is -0.466 e. The SMILES string of the molecule is CCOC[C@H](C)COCc1ccc(C2=C(C(=O)OC)C3CN(C)C(=O)C(C2)N3C(=O)OC)cc1. The first-order valence-corrected chi connectivity index (χ1v) is 11.5. The average molecular weight is 475 g/mol. The van der Waals surface area contributed by atoms with Crippen LogP contribution in [0.5, 0.6) is 0 Å². The molecular weight excluding hydrogens is 440 g/mol. The highest BCUT2D eigenvalue weighted by Gasteiger charge is 2.50. The summed E-state index contributed by atoms with van der Waals surface area (Å²) in [6.07, 6.45) is -0.438. The van der Waals surface area contributed by atoms with Crippen LogP contribution in [0.15, 0.2) is 29.8 Å². The first-order valence-electron chi connectivity index (χ1n) is 11.5. The van der Waals surface area contributed by atoms with Crippen LogP contribution in [-0.4, -0.2) is 87.5 Å². The second-order valence-electron chi connectivity index (χ2n) is 8.69. The van der Waals surface area contributed by atoms with Crippen molar-refractivity contribution in [2.24, 2.45) is 5.92 Å². The number of esters is 1. The van der Waals surface area contributed by atoms with Gasteiger partial charge in [-0.2, -0.15) is 0 Å². The van der Waals surface area contributed by atoms with E-state index < -0.39 is 24.1 Å². The number of piperazine rings is 1. The van der Waals surface area contributed by atoms with Crippen LogP contribution >= 0.6 is 0 Å². The number of methoxy groups -OCH3 is 2. The summed E-state index contributed by atoms with van der Waals surface area (Å²) < 4.78 is 21.2. The van der Waals surface area contributed by atoms with Crippen LogP contribution in [0.3, 0.4) is 0 Å². The fourth-order valence-corrected chi connectivity index (χ4v) is 4.50. The van der Waals surface area contributed by atoms with Gasteiger partial charge < -0.3 is 23.8 Å². The molecule has 0 aliphatic carbocycles. The molecule has 3 atom stereocenters. The number of likely N-dealkylation sites (N-methyl/N-ethyl adjacent to an activating group) is 1. The first kappa shape index (κ1) is 25.7. The Bertz CT molecular complexity index is 928. The van der Waals surface area contributed by atoms with Crippen LogP contribution < -0.4 is 0 Å². The summed E-state index contributed by atoms with van der Waals surface area (Å²) in [5.41, 5.74) is 2.89. The molecule has 2 bridgehead atoms. The topological polar surface area (TPSA) is 94.6 Å². The third kappa shape index (κ3) is 5.42. The number of amides is 2. The van der Waals surface area contributed by atoms with E-state index in [1.807, 2.05) is 31.2 Å². The number of rotatable bonds is 9. The summed E-state index contributed by atoms with van der Waals surface area (Å²) in [5, 5.41) is 0. The third-order valence-electron chi connectivity index (χ3n) is 6.21. The predicted octanol–water partition coefficient (Wildman–Crippen LogP) is 2.48. The van der Waals surface area contributed by atoms with Gasteiger partial charge in [0.15, 0.2) is 0 Å². The van der Waals surface area contributed by atoms with Gasteiger partial charge in [0, 0.05) is 32.5 Å². The predicted molar refractivity (Wildman–Crippen MR) is 125 cm³/mol. The zero-order valence-electron chi connectivity index (χ0n) is 20.5. The number of hydrogen-bond donors (Lipinski definition) is 0. The van der Waals surface area contributed by atoms with E-state index in [0.717, 1.165) is 11.1 Å². The van der Waals surface area contributed by atoms with E-state index in [-0.39, 0.29) is 18.9 Å². The maximum Gasteiger partial charge on any atom is 0.410 e. The minimum absolute atomic E-state index is 0.185. The van der Waals surface area contributed by atoms with Gasteiger partial charge in [-0.25, -0.2) is 9.59 Å². The Morgan fingerprint density at radius 2 is 1.74 bits per heavy atom. The van der Waals surface area contributed by atoms with Gasteiger partial charge in [0.1, 0.15) is 6.04 Å². The lowest BCUT2D eigenvalue weighted by Gasteiger charge is -2.48. The number of ether oxygens (including phenoxy) is 4. The van der Waals surface area contributed by atoms with Gasteiger partial charge in [-0.15, -0.1) is 0 Å². The zero-order chi connectivity index (χ0) is 24.8. The Kier molecular flexibility index (Phi) is 8.68. The molecule has 1 aromatic carbocycles. The monoisotopic (exact) mass is 474 g/mol. The van der Waals surface area contributed by atoms with Crippen molar-refractivity contribution in [1.82, 2.24) is 9.80 Å². The Morgan fingerprint density at radius 1 is 1.06 bits per heavy atom. The molecule has 0 saturated carbocycles. The Balaban J connectivity index is 1.85. The van der Waals surface area contributed by atoms with Gasteiger partial charge in [0.25, 0.3) is 0 Å². The summed E-state index contributed by atoms with van der Waals surface area (Å²) in [6, 6.07) is 6.33. The highest BCUT2D eigenvalue weighted by Crippen LogP contribution is 2.39. The third-order valence-corrected chi connectivity index (χ3v) is 6.21. The molecule has 2 aliphatic rings. The molecule has 2 unspecified atom stereocenters. The summed E-state index contributed by atoms with van der Waals surface area (Å²) in [7, 11) is 4.24. The molecule has 2 aliphatic heterocycles. The van der Waals surface area contributed by atoms with Gasteiger partial charge in [-0.3, -0.25) is 9.69 Å². The lowest BCUT2D eigenvalue weighted by atomic mass is 9.81. The van der Waals surface area contributed by atoms with Gasteiger partial charge in [0.2, 0.25) is 5.91 Å². The lowest BCUT2D eigenvalue weighted by Crippen LogP contribution is -2.65. The van der Waals surface area contributed by atoms with Crippen molar-refractivity contribution < 1.29 is 33.3 Å². The van der Waals surface area contributed by atoms with Gasteiger partial charge in [-0.1, -0.05) is 31.2 Å². The molecule has 34 heavy (non-hydrogen) atoms. The smallest absolute Gasteiger partial charge is 0.410 e. The second-order valence-corrected chi connectivity index (χ2v) is 8.69. The maximum atomic E-state index is 12.9. The van der Waals surface area contributed by atoms with E-state index in [9.17, 15) is 14.4 Å². The Hall–Kier alpha value is -2.91. The number of nitrogens with zero attached hydrogens (tertiary/aromatic N) is 2. The van der Waals surface area contributed by atoms with Crippen molar-refractivity contribution in [2.45, 2.75) is 39.0 Å². The minimum atomic E-state index is -0.741. The highest BCUT2D eigenvalue weighted by atomic mass is 16.5. The molecule has 2 amide bonds. The van der Waals surface area contributed by atoms with E-state index >= 15 is 0 Å². The second kappa shape index (κ2) is 11.5. The molecule has 0 spiro atoms. The molecule has 1 saturated heterocycles. The molecular formula is C25H34N2O7. The van der Waals surface area contributed by atoms with Crippen LogP contribution in [0.4, 0.5) is 4.79 Å². The quantitative estimate of drug-likeness (QED) is 0.508. The number of benzene rings is 1. The standard InChI is InChI=1S/C25H34N2O7/c1-6-33-13-16(2)14-34-15-17-7-9-18(10-8-17)19-11-20-23(28)26(3)12-21(22(19)24(29)31-4)27(20)25(30)32-5/h7-10,16,20-21H,6,11-15H2,1-5H3/t16-,20?,21?/m0/s1. The molecule has 9 heteroatoms. The Labute approximate surface area is 200 Å². The van der Waals surface area contributed by atoms with Crippen LogP contribution in [0.1, 0.15) is 31.4 Å². The van der Waals surface area contributed by atoms with E-state index in [2.05, 4.69) is 6.92 Å². The molecule has 0 radical (unpaired) electrons. The number of hydrogen-bond acceptors (Lipinski definition) is 7. The van der Waals surface area contributed by atoms with E-state index in [1.54, 1.807) is 11.9 Å². The lowest BCUT2D eigenvalue weighted by molar-refractivity contribution is -0.144. The van der Waals surface area contributed by atoms with Gasteiger partial charge in [0.05, 0.1) is 45.7 Å². The molecule has 0 aromatic heterocycles. The number of fused-ring (bicyclic) bond motifs is 2. The maximum absolute atomic E-state index is 12.9. The van der Waals surface area contributed by atoms with Crippen molar-refractivity contribution in [3.63, 3.8) is 0 Å². The average Bonchev–Trinajstić information content (AvgIpc) is 2.85. The summed E-state index contributed by atoms with van der Waals surface area (Å²) in [5.74, 6) is -0.401. The molecule has 2 heterocycles. The van der Waals surface area contributed by atoms with Crippen molar-refractivity contribution >= 4 is 23.5 Å². The van der Waals surface area contributed by atoms with Gasteiger partial charge in [-0.05, 0) is 23.6 Å². The van der Waals surface area contributed by atoms with E-state index in [4.69, 9.17) is 18.9 Å². The van der Waals surface area contributed by atoms with E-state index in [1.165, 1.54) is 19.1 Å². The largest absolute Gasteiger partial charge is 0.466 e. The normalized spacial score (nSPS) is 20.9. The molecule has 1 fully saturated rings. The van der Waals surface area contributed by atoms with Crippen LogP contribution in [-0.2, 0) is 35.1 Å². The van der Waals surface area contributed by atoms with Gasteiger partial charge >= 0.3 is 12.1 Å². The van der Waals surface area contributed by atoms with Crippen molar-refractivity contribution in [3.8, 4) is 0 Å². The zero-order valence-corrected chi connectivity index (χ0v) is 20.5.